The van der Waals surface area contributed by atoms with Crippen LogP contribution in [0.1, 0.15) is 11.1 Å². The lowest BCUT2D eigenvalue weighted by Gasteiger charge is -2.14. The zero-order valence-electron chi connectivity index (χ0n) is 16.0. The zero-order valence-corrected chi connectivity index (χ0v) is 17.6. The molecule has 1 heterocycles. The summed E-state index contributed by atoms with van der Waals surface area (Å²) in [5.74, 6) is 1.03. The van der Waals surface area contributed by atoms with E-state index in [0.717, 1.165) is 5.56 Å². The van der Waals surface area contributed by atoms with Crippen molar-refractivity contribution in [2.24, 2.45) is 0 Å². The maximum Gasteiger partial charge on any atom is 0.266 e. The van der Waals surface area contributed by atoms with E-state index in [0.29, 0.717) is 43.8 Å². The zero-order chi connectivity index (χ0) is 21.1. The molecule has 0 amide bonds. The van der Waals surface area contributed by atoms with E-state index in [4.69, 9.17) is 21.3 Å². The second kappa shape index (κ2) is 8.62. The molecule has 4 aromatic rings. The maximum atomic E-state index is 13.3. The second-order valence-electron chi connectivity index (χ2n) is 6.43. The monoisotopic (exact) mass is 433 g/mol. The molecule has 0 radical (unpaired) electrons. The van der Waals surface area contributed by atoms with E-state index in [9.17, 15) is 10.1 Å². The van der Waals surface area contributed by atoms with Gasteiger partial charge in [0, 0.05) is 5.75 Å². The Bertz CT molecular complexity index is 1340. The van der Waals surface area contributed by atoms with Crippen LogP contribution >= 0.6 is 23.4 Å². The normalized spacial score (nSPS) is 10.7. The Morgan fingerprint density at radius 3 is 2.67 bits per heavy atom. The molecule has 0 N–H and O–H groups in total. The quantitative estimate of drug-likeness (QED) is 0.319. The number of fused-ring (bicyclic) bond motifs is 1. The number of rotatable bonds is 5. The standard InChI is InChI=1S/C23H16ClN3O2S/c1-29-21-11-10-17(12-19(21)24)27-22(28)18-8-4-5-9-20(18)26-23(27)30-14-16-7-3-2-6-15(16)13-25/h2-12H,14H2,1H3. The van der Waals surface area contributed by atoms with Gasteiger partial charge in [-0.2, -0.15) is 5.26 Å². The molecule has 5 nitrogen and oxygen atoms in total. The number of halogens is 1. The average molecular weight is 434 g/mol. The third-order valence-electron chi connectivity index (χ3n) is 4.63. The minimum absolute atomic E-state index is 0.182. The molecule has 0 fully saturated rings. The van der Waals surface area contributed by atoms with Crippen LogP contribution in [0.4, 0.5) is 0 Å². The summed E-state index contributed by atoms with van der Waals surface area (Å²) in [5.41, 5.74) is 2.52. The Kier molecular flexibility index (Phi) is 5.75. The number of para-hydroxylation sites is 1. The van der Waals surface area contributed by atoms with Crippen LogP contribution in [0.15, 0.2) is 76.7 Å². The van der Waals surface area contributed by atoms with Crippen molar-refractivity contribution in [3.8, 4) is 17.5 Å². The Balaban J connectivity index is 1.85. The van der Waals surface area contributed by atoms with Gasteiger partial charge in [0.1, 0.15) is 5.75 Å². The van der Waals surface area contributed by atoms with Crippen molar-refractivity contribution < 1.29 is 4.74 Å². The van der Waals surface area contributed by atoms with Crippen LogP contribution < -0.4 is 10.3 Å². The Labute approximate surface area is 182 Å². The van der Waals surface area contributed by atoms with Gasteiger partial charge in [-0.25, -0.2) is 4.98 Å². The highest BCUT2D eigenvalue weighted by atomic mass is 35.5. The summed E-state index contributed by atoms with van der Waals surface area (Å²) in [4.78, 5) is 18.1. The van der Waals surface area contributed by atoms with Crippen molar-refractivity contribution in [1.82, 2.24) is 9.55 Å². The third kappa shape index (κ3) is 3.78. The number of ether oxygens (including phenoxy) is 1. The van der Waals surface area contributed by atoms with Crippen LogP contribution in [0.3, 0.4) is 0 Å². The summed E-state index contributed by atoms with van der Waals surface area (Å²) < 4.78 is 6.78. The fourth-order valence-electron chi connectivity index (χ4n) is 3.13. The van der Waals surface area contributed by atoms with E-state index in [2.05, 4.69) is 6.07 Å². The van der Waals surface area contributed by atoms with Gasteiger partial charge in [-0.15, -0.1) is 0 Å². The van der Waals surface area contributed by atoms with Crippen LogP contribution in [-0.4, -0.2) is 16.7 Å². The summed E-state index contributed by atoms with van der Waals surface area (Å²) in [5, 5.41) is 10.8. The molecule has 4 rings (SSSR count). The fraction of sp³-hybridized carbons (Fsp3) is 0.0870. The van der Waals surface area contributed by atoms with Crippen molar-refractivity contribution in [3.63, 3.8) is 0 Å². The molecule has 0 atom stereocenters. The molecule has 0 saturated heterocycles. The smallest absolute Gasteiger partial charge is 0.266 e. The number of nitriles is 1. The summed E-state index contributed by atoms with van der Waals surface area (Å²) >= 11 is 7.71. The van der Waals surface area contributed by atoms with Crippen molar-refractivity contribution in [2.45, 2.75) is 10.9 Å². The highest BCUT2D eigenvalue weighted by Gasteiger charge is 2.15. The van der Waals surface area contributed by atoms with Gasteiger partial charge in [-0.05, 0) is 42.0 Å². The average Bonchev–Trinajstić information content (AvgIpc) is 2.78. The van der Waals surface area contributed by atoms with Gasteiger partial charge in [0.25, 0.3) is 5.56 Å². The number of aromatic nitrogens is 2. The third-order valence-corrected chi connectivity index (χ3v) is 5.92. The van der Waals surface area contributed by atoms with Crippen LogP contribution in [0.25, 0.3) is 16.6 Å². The van der Waals surface area contributed by atoms with Crippen LogP contribution in [0.2, 0.25) is 5.02 Å². The van der Waals surface area contributed by atoms with E-state index in [1.807, 2.05) is 36.4 Å². The van der Waals surface area contributed by atoms with Crippen LogP contribution in [0, 0.1) is 11.3 Å². The van der Waals surface area contributed by atoms with Gasteiger partial charge >= 0.3 is 0 Å². The number of hydrogen-bond donors (Lipinski definition) is 0. The minimum atomic E-state index is -0.182. The summed E-state index contributed by atoms with van der Waals surface area (Å²) in [6.45, 7) is 0. The van der Waals surface area contributed by atoms with E-state index in [1.165, 1.54) is 11.8 Å². The first-order valence-electron chi connectivity index (χ1n) is 9.09. The van der Waals surface area contributed by atoms with E-state index < -0.39 is 0 Å². The van der Waals surface area contributed by atoms with Crippen molar-refractivity contribution in [3.05, 3.63) is 93.2 Å². The van der Waals surface area contributed by atoms with Crippen molar-refractivity contribution >= 4 is 34.3 Å². The first-order chi connectivity index (χ1) is 14.6. The lowest BCUT2D eigenvalue weighted by molar-refractivity contribution is 0.415. The van der Waals surface area contributed by atoms with Crippen LogP contribution in [-0.2, 0) is 5.75 Å². The predicted octanol–water partition coefficient (Wildman–Crippen LogP) is 5.21. The predicted molar refractivity (Wildman–Crippen MR) is 120 cm³/mol. The first-order valence-corrected chi connectivity index (χ1v) is 10.4. The number of thioether (sulfide) groups is 1. The molecule has 0 aliphatic carbocycles. The molecule has 0 spiro atoms. The molecule has 30 heavy (non-hydrogen) atoms. The Morgan fingerprint density at radius 1 is 1.13 bits per heavy atom. The Morgan fingerprint density at radius 2 is 1.90 bits per heavy atom. The molecule has 3 aromatic carbocycles. The fourth-order valence-corrected chi connectivity index (χ4v) is 4.40. The highest BCUT2D eigenvalue weighted by molar-refractivity contribution is 7.98. The molecule has 0 bridgehead atoms. The van der Waals surface area contributed by atoms with Gasteiger partial charge in [0.15, 0.2) is 5.16 Å². The molecule has 0 unspecified atom stereocenters. The number of hydrogen-bond acceptors (Lipinski definition) is 5. The lowest BCUT2D eigenvalue weighted by atomic mass is 10.1. The maximum absolute atomic E-state index is 13.3. The van der Waals surface area contributed by atoms with E-state index in [1.54, 1.807) is 42.0 Å². The van der Waals surface area contributed by atoms with Crippen molar-refractivity contribution in [2.75, 3.05) is 7.11 Å². The van der Waals surface area contributed by atoms with E-state index >= 15 is 0 Å². The number of nitrogens with zero attached hydrogens (tertiary/aromatic N) is 3. The van der Waals surface area contributed by atoms with Crippen LogP contribution in [0.5, 0.6) is 5.75 Å². The Hall–Kier alpha value is -3.27. The molecule has 148 valence electrons. The molecule has 0 aliphatic heterocycles. The van der Waals surface area contributed by atoms with E-state index in [-0.39, 0.29) is 5.56 Å². The number of benzene rings is 3. The first kappa shape index (κ1) is 20.0. The van der Waals surface area contributed by atoms with Gasteiger partial charge in [0.2, 0.25) is 0 Å². The SMILES string of the molecule is COc1ccc(-n2c(SCc3ccccc3C#N)nc3ccccc3c2=O)cc1Cl. The van der Waals surface area contributed by atoms with Gasteiger partial charge in [-0.3, -0.25) is 9.36 Å². The molecular weight excluding hydrogens is 418 g/mol. The molecule has 1 aromatic heterocycles. The number of methoxy groups -OCH3 is 1. The molecule has 7 heteroatoms. The van der Waals surface area contributed by atoms with Gasteiger partial charge in [-0.1, -0.05) is 53.7 Å². The molecule has 0 aliphatic rings. The highest BCUT2D eigenvalue weighted by Crippen LogP contribution is 2.30. The van der Waals surface area contributed by atoms with Gasteiger partial charge in [0.05, 0.1) is 40.4 Å². The largest absolute Gasteiger partial charge is 0.495 e. The second-order valence-corrected chi connectivity index (χ2v) is 7.78. The molecular formula is C23H16ClN3O2S. The summed E-state index contributed by atoms with van der Waals surface area (Å²) in [7, 11) is 1.54. The van der Waals surface area contributed by atoms with Gasteiger partial charge < -0.3 is 4.74 Å². The summed E-state index contributed by atoms with van der Waals surface area (Å²) in [6, 6.07) is 22.0. The summed E-state index contributed by atoms with van der Waals surface area (Å²) in [6.07, 6.45) is 0. The minimum Gasteiger partial charge on any atom is -0.495 e. The van der Waals surface area contributed by atoms with Crippen molar-refractivity contribution in [1.29, 1.82) is 5.26 Å². The topological polar surface area (TPSA) is 67.9 Å². The lowest BCUT2D eigenvalue weighted by Crippen LogP contribution is -2.21. The molecule has 0 saturated carbocycles.